The number of quaternary nitrogens is 1. The number of likely N-dealkylation sites (N-methyl/N-ethyl adjacent to an activating group) is 3. The number of halogens is 5. The van der Waals surface area contributed by atoms with Crippen LogP contribution < -0.4 is 15.4 Å². The van der Waals surface area contributed by atoms with Crippen molar-refractivity contribution < 1.29 is 33.2 Å². The van der Waals surface area contributed by atoms with Gasteiger partial charge in [0.05, 0.1) is 26.7 Å². The van der Waals surface area contributed by atoms with E-state index < -0.39 is 0 Å². The van der Waals surface area contributed by atoms with Gasteiger partial charge in [0, 0.05) is 144 Å². The van der Waals surface area contributed by atoms with E-state index in [2.05, 4.69) is 118 Å². The summed E-state index contributed by atoms with van der Waals surface area (Å²) in [6, 6.07) is 46.5. The fourth-order valence-electron chi connectivity index (χ4n) is 16.9. The highest BCUT2D eigenvalue weighted by Gasteiger charge is 2.54. The van der Waals surface area contributed by atoms with Crippen LogP contribution in [0.2, 0.25) is 25.1 Å². The molecular weight excluding hydrogens is 1380 g/mol. The molecule has 0 aromatic heterocycles. The van der Waals surface area contributed by atoms with Crippen LogP contribution in [-0.4, -0.2) is 163 Å². The fraction of sp³-hybridized carbons (Fsp3) is 0.512. The number of ether oxygens (including phenoxy) is 1. The molecule has 6 aromatic carbocycles. The van der Waals surface area contributed by atoms with Gasteiger partial charge in [0.15, 0.2) is 5.78 Å². The molecule has 13 nitrogen and oxygen atoms in total. The van der Waals surface area contributed by atoms with E-state index in [0.717, 1.165) is 128 Å². The van der Waals surface area contributed by atoms with Gasteiger partial charge in [-0.3, -0.25) is 24.0 Å². The van der Waals surface area contributed by atoms with E-state index in [9.17, 15) is 24.0 Å². The number of carbonyl (C=O) groups is 5. The number of benzene rings is 6. The molecule has 4 aliphatic rings. The molecule has 0 radical (unpaired) electrons. The predicted octanol–water partition coefficient (Wildman–Crippen LogP) is 17.1. The van der Waals surface area contributed by atoms with Crippen molar-refractivity contribution in [3.63, 3.8) is 0 Å². The van der Waals surface area contributed by atoms with E-state index >= 15 is 0 Å². The van der Waals surface area contributed by atoms with E-state index in [1.54, 1.807) is 24.3 Å². The Morgan fingerprint density at radius 1 is 0.569 bits per heavy atom. The van der Waals surface area contributed by atoms with Crippen LogP contribution in [0, 0.1) is 12.8 Å². The zero-order valence-corrected chi connectivity index (χ0v) is 65.2. The average Bonchev–Trinajstić information content (AvgIpc) is 0.738. The Kier molecular flexibility index (Phi) is 29.3. The summed E-state index contributed by atoms with van der Waals surface area (Å²) in [6.45, 7) is 6.74. The molecule has 550 valence electrons. The lowest BCUT2D eigenvalue weighted by Crippen LogP contribution is -2.68. The highest BCUT2D eigenvalue weighted by molar-refractivity contribution is 6.36. The third-order valence-electron chi connectivity index (χ3n) is 23.4. The van der Waals surface area contributed by atoms with Crippen LogP contribution in [0.3, 0.4) is 0 Å². The first-order valence-electron chi connectivity index (χ1n) is 37.1. The Morgan fingerprint density at radius 3 is 1.70 bits per heavy atom. The fourth-order valence-corrected chi connectivity index (χ4v) is 18.1. The highest BCUT2D eigenvalue weighted by Crippen LogP contribution is 2.48. The Morgan fingerprint density at radius 2 is 1.12 bits per heavy atom. The van der Waals surface area contributed by atoms with Crippen LogP contribution in [0.15, 0.2) is 140 Å². The zero-order chi connectivity index (χ0) is 73.2. The largest absolute Gasteiger partial charge is 0.494 e. The maximum absolute atomic E-state index is 14.6. The molecule has 3 saturated carbocycles. The minimum atomic E-state index is -0.140. The Hall–Kier alpha value is -6.00. The molecule has 4 fully saturated rings. The monoisotopic (exact) mass is 1490 g/mol. The Balaban J connectivity index is 0.000000283. The number of aryl methyl sites for hydroxylation is 1. The molecule has 1 saturated heterocycles. The summed E-state index contributed by atoms with van der Waals surface area (Å²) in [5, 5.41) is 9.38. The van der Waals surface area contributed by atoms with Crippen molar-refractivity contribution in [2.45, 2.75) is 196 Å². The van der Waals surface area contributed by atoms with Crippen molar-refractivity contribution in [1.82, 2.24) is 30.2 Å². The average molecular weight is 1490 g/mol. The van der Waals surface area contributed by atoms with Crippen molar-refractivity contribution in [2.75, 3.05) is 75.1 Å². The molecule has 1 aliphatic heterocycles. The molecule has 0 unspecified atom stereocenters. The second kappa shape index (κ2) is 37.3. The smallest absolute Gasteiger partial charge is 0.223 e. The maximum Gasteiger partial charge on any atom is 0.223 e. The van der Waals surface area contributed by atoms with Crippen molar-refractivity contribution in [2.24, 2.45) is 5.92 Å². The third kappa shape index (κ3) is 21.4. The van der Waals surface area contributed by atoms with E-state index in [-0.39, 0.29) is 89.7 Å². The quantitative estimate of drug-likeness (QED) is 0.0367. The summed E-state index contributed by atoms with van der Waals surface area (Å²) >= 11 is 32.3. The first kappa shape index (κ1) is 80.1. The number of carbonyl (C=O) groups excluding carboxylic acids is 5. The summed E-state index contributed by atoms with van der Waals surface area (Å²) in [5.41, 5.74) is 7.87. The second-order valence-corrected chi connectivity index (χ2v) is 32.4. The first-order valence-corrected chi connectivity index (χ1v) is 39.0. The molecule has 0 spiro atoms. The van der Waals surface area contributed by atoms with E-state index in [1.165, 1.54) is 22.3 Å². The van der Waals surface area contributed by atoms with Gasteiger partial charge in [0.2, 0.25) is 23.6 Å². The lowest BCUT2D eigenvalue weighted by Gasteiger charge is -2.58. The van der Waals surface area contributed by atoms with Gasteiger partial charge in [0.25, 0.3) is 0 Å². The Bertz CT molecular complexity index is 3740. The molecule has 0 atom stereocenters. The lowest BCUT2D eigenvalue weighted by molar-refractivity contribution is -0.967. The van der Waals surface area contributed by atoms with Gasteiger partial charge < -0.3 is 39.5 Å². The number of para-hydroxylation sites is 1. The third-order valence-corrected chi connectivity index (χ3v) is 24.9. The molecule has 10 rings (SSSR count). The SMILES string of the molecule is CCOc1ccccc1CCNC(=O)CCC(=O)NC1CCC(Cc2cccc(Cl)c2)(N(C)C)CC1.Cc1cccc(CC2(N(C)C)CCC([N+](C)(C)C3(Cc4cccc(Cl)c4)CCC(N(CCc4c(Cl)cccc4Cl)C(=O)CCC(=O)N4CCC(C(=O)c5ccc(Cl)cc5)CC4)CC3)CC2)c1. The van der Waals surface area contributed by atoms with Gasteiger partial charge in [-0.25, -0.2) is 0 Å². The van der Waals surface area contributed by atoms with E-state index in [4.69, 9.17) is 62.7 Å². The van der Waals surface area contributed by atoms with Crippen molar-refractivity contribution in [3.05, 3.63) is 204 Å². The normalized spacial score (nSPS) is 21.8. The van der Waals surface area contributed by atoms with E-state index in [1.807, 2.05) is 83.5 Å². The maximum atomic E-state index is 14.6. The van der Waals surface area contributed by atoms with Crippen LogP contribution in [-0.2, 0) is 51.3 Å². The molecule has 0 bridgehead atoms. The summed E-state index contributed by atoms with van der Waals surface area (Å²) in [5.74, 6) is 0.600. The number of nitrogens with one attached hydrogen (secondary N) is 2. The van der Waals surface area contributed by atoms with Crippen LogP contribution >= 0.6 is 58.0 Å². The molecule has 6 aromatic rings. The molecular formula is C84H109Cl5N7O6+. The molecule has 18 heteroatoms. The summed E-state index contributed by atoms with van der Waals surface area (Å²) in [6.07, 6.45) is 18.0. The zero-order valence-electron chi connectivity index (χ0n) is 61.5. The molecule has 4 amide bonds. The van der Waals surface area contributed by atoms with Crippen molar-refractivity contribution in [1.29, 1.82) is 0 Å². The first-order chi connectivity index (χ1) is 48.8. The van der Waals surface area contributed by atoms with Gasteiger partial charge in [-0.05, 0) is 226 Å². The van der Waals surface area contributed by atoms with Crippen LogP contribution in [0.25, 0.3) is 0 Å². The Labute approximate surface area is 633 Å². The number of amides is 4. The van der Waals surface area contributed by atoms with Gasteiger partial charge in [-0.2, -0.15) is 0 Å². The number of piperidine rings is 1. The van der Waals surface area contributed by atoms with Crippen molar-refractivity contribution >= 4 is 87.4 Å². The number of likely N-dealkylation sites (tertiary alicyclic amines) is 1. The number of Topliss-reactive ketones (excluding diaryl/α,β-unsaturated/α-hetero) is 1. The second-order valence-electron chi connectivity index (χ2n) is 30.3. The summed E-state index contributed by atoms with van der Waals surface area (Å²) in [7, 11) is 13.7. The predicted molar refractivity (Wildman–Crippen MR) is 418 cm³/mol. The molecule has 102 heavy (non-hydrogen) atoms. The minimum Gasteiger partial charge on any atom is -0.494 e. The number of ketones is 1. The van der Waals surface area contributed by atoms with E-state index in [0.29, 0.717) is 85.1 Å². The van der Waals surface area contributed by atoms with Crippen LogP contribution in [0.1, 0.15) is 166 Å². The highest BCUT2D eigenvalue weighted by atomic mass is 35.5. The summed E-state index contributed by atoms with van der Waals surface area (Å²) in [4.78, 5) is 74.9. The van der Waals surface area contributed by atoms with Crippen LogP contribution in [0.4, 0.5) is 0 Å². The molecule has 3 aliphatic carbocycles. The lowest BCUT2D eigenvalue weighted by atomic mass is 9.69. The minimum absolute atomic E-state index is 0.0121. The number of hydrogen-bond acceptors (Lipinski definition) is 8. The van der Waals surface area contributed by atoms with Gasteiger partial charge in [-0.15, -0.1) is 0 Å². The summed E-state index contributed by atoms with van der Waals surface area (Å²) < 4.78 is 6.55. The van der Waals surface area contributed by atoms with Crippen molar-refractivity contribution in [3.8, 4) is 5.75 Å². The molecule has 1 heterocycles. The van der Waals surface area contributed by atoms with Gasteiger partial charge in [-0.1, -0.05) is 136 Å². The van der Waals surface area contributed by atoms with Crippen LogP contribution in [0.5, 0.6) is 5.75 Å². The van der Waals surface area contributed by atoms with Gasteiger partial charge >= 0.3 is 0 Å². The molecule has 2 N–H and O–H groups in total. The topological polar surface area (TPSA) is 132 Å². The number of hydrogen-bond donors (Lipinski definition) is 2. The number of nitrogens with zero attached hydrogens (tertiary/aromatic N) is 5. The standard InChI is InChI=1S/C55H69Cl4N4O3.C29H40ClN3O3/c1-39-9-6-10-40(35-39)37-54(60(2)3)28-23-47(24-29-54)63(4,5)55(38-41-11-7-12-45(57)36-41)30-21-46(22-31-55)62(34-27-48-49(58)13-8-14-50(48)59)52(65)20-19-51(64)61-32-25-43(26-33-61)53(66)42-15-17-44(56)18-16-42;1-4-36-26-11-6-5-9-23(26)16-19-31-27(34)12-13-28(35)32-25-14-17-29(18-15-25,33(2)3)21-22-8-7-10-24(30)20-22/h6-18,35-36,43,46-47H,19-34,37-38H2,1-5H3;5-11,20,25H,4,12-19,21H2,1-3H3,(H,31,34)(H,32,35)/q+1;. The van der Waals surface area contributed by atoms with Gasteiger partial charge in [0.1, 0.15) is 11.3 Å². The number of rotatable bonds is 28.